The van der Waals surface area contributed by atoms with Crippen LogP contribution < -0.4 is 0 Å². The fourth-order valence-electron chi connectivity index (χ4n) is 8.97. The monoisotopic (exact) mass is 716 g/mol. The van der Waals surface area contributed by atoms with Gasteiger partial charge in [0.25, 0.3) is 0 Å². The molecule has 0 aliphatic heterocycles. The molecule has 2 nitrogen and oxygen atoms in total. The molecule has 55 heavy (non-hydrogen) atoms. The number of rotatable bonds is 4. The van der Waals surface area contributed by atoms with Gasteiger partial charge < -0.3 is 9.13 Å². The standard InChI is InChI=1S/C52H32N2S/c1-2-12-33(13-3-1)34-16-10-17-39(28-34)53-46-26-24-38(31-43(46)44-29-35-14-4-5-15-36(35)32-49(44)53)37-25-27-47-42(30-37)40-18-6-8-20-45(40)54(47)48-21-11-23-51-52(48)41-19-7-9-22-50(41)55-51/h1-32H. The molecule has 0 bridgehead atoms. The summed E-state index contributed by atoms with van der Waals surface area (Å²) in [5.41, 5.74) is 12.1. The molecule has 0 aliphatic rings. The Labute approximate surface area is 321 Å². The number of hydrogen-bond acceptors (Lipinski definition) is 1. The van der Waals surface area contributed by atoms with Crippen LogP contribution in [0.1, 0.15) is 0 Å². The molecule has 256 valence electrons. The van der Waals surface area contributed by atoms with E-state index in [0.29, 0.717) is 0 Å². The quantitative estimate of drug-likeness (QED) is 0.172. The third-order valence-corrected chi connectivity index (χ3v) is 12.6. The summed E-state index contributed by atoms with van der Waals surface area (Å²) in [5.74, 6) is 0. The van der Waals surface area contributed by atoms with E-state index < -0.39 is 0 Å². The van der Waals surface area contributed by atoms with Gasteiger partial charge in [-0.15, -0.1) is 11.3 Å². The second-order valence-corrected chi connectivity index (χ2v) is 15.6. The molecule has 3 aromatic heterocycles. The Morgan fingerprint density at radius 3 is 1.73 bits per heavy atom. The lowest BCUT2D eigenvalue weighted by molar-refractivity contribution is 1.18. The third kappa shape index (κ3) is 4.60. The number of thiophene rings is 1. The Morgan fingerprint density at radius 1 is 0.309 bits per heavy atom. The largest absolute Gasteiger partial charge is 0.309 e. The second kappa shape index (κ2) is 11.8. The van der Waals surface area contributed by atoms with Crippen LogP contribution in [0.3, 0.4) is 0 Å². The molecule has 0 spiro atoms. The van der Waals surface area contributed by atoms with Gasteiger partial charge in [-0.2, -0.15) is 0 Å². The predicted molar refractivity (Wildman–Crippen MR) is 236 cm³/mol. The van der Waals surface area contributed by atoms with Crippen LogP contribution in [-0.4, -0.2) is 9.13 Å². The number of aromatic nitrogens is 2. The Bertz CT molecular complexity index is 3490. The van der Waals surface area contributed by atoms with Gasteiger partial charge in [0.15, 0.2) is 0 Å². The molecule has 0 fully saturated rings. The van der Waals surface area contributed by atoms with Gasteiger partial charge in [0.05, 0.1) is 27.8 Å². The molecular weight excluding hydrogens is 685 g/mol. The summed E-state index contributed by atoms with van der Waals surface area (Å²) >= 11 is 1.87. The smallest absolute Gasteiger partial charge is 0.0555 e. The SMILES string of the molecule is c1ccc(-c2cccc(-n3c4ccc(-c5ccc6c(c5)c5ccccc5n6-c5cccc6sc7ccccc7c56)cc4c4cc5ccccc5cc43)c2)cc1. The van der Waals surface area contributed by atoms with Crippen molar-refractivity contribution >= 4 is 85.9 Å². The zero-order valence-electron chi connectivity index (χ0n) is 29.8. The first-order valence-corrected chi connectivity index (χ1v) is 19.7. The van der Waals surface area contributed by atoms with Crippen molar-refractivity contribution in [2.24, 2.45) is 0 Å². The molecule has 0 unspecified atom stereocenters. The van der Waals surface area contributed by atoms with Gasteiger partial charge in [-0.05, 0) is 106 Å². The summed E-state index contributed by atoms with van der Waals surface area (Å²) in [5, 5.41) is 10.2. The van der Waals surface area contributed by atoms with Gasteiger partial charge in [0, 0.05) is 47.4 Å². The molecule has 12 aromatic rings. The summed E-state index contributed by atoms with van der Waals surface area (Å²) in [6.07, 6.45) is 0. The number of benzene rings is 9. The van der Waals surface area contributed by atoms with Crippen LogP contribution in [-0.2, 0) is 0 Å². The molecule has 0 radical (unpaired) electrons. The molecule has 0 saturated carbocycles. The van der Waals surface area contributed by atoms with Crippen molar-refractivity contribution in [2.75, 3.05) is 0 Å². The molecule has 0 atom stereocenters. The van der Waals surface area contributed by atoms with Crippen molar-refractivity contribution < 1.29 is 0 Å². The van der Waals surface area contributed by atoms with E-state index in [1.807, 2.05) is 11.3 Å². The number of hydrogen-bond donors (Lipinski definition) is 0. The molecular formula is C52H32N2S. The lowest BCUT2D eigenvalue weighted by Crippen LogP contribution is -1.95. The highest BCUT2D eigenvalue weighted by atomic mass is 32.1. The number of para-hydroxylation sites is 1. The van der Waals surface area contributed by atoms with Gasteiger partial charge >= 0.3 is 0 Å². The fourth-order valence-corrected chi connectivity index (χ4v) is 10.1. The van der Waals surface area contributed by atoms with Crippen molar-refractivity contribution in [1.29, 1.82) is 0 Å². The summed E-state index contributed by atoms with van der Waals surface area (Å²) in [6.45, 7) is 0. The van der Waals surface area contributed by atoms with Crippen LogP contribution in [0.25, 0.3) is 108 Å². The molecule has 0 N–H and O–H groups in total. The van der Waals surface area contributed by atoms with E-state index in [0.717, 1.165) is 5.69 Å². The maximum Gasteiger partial charge on any atom is 0.0555 e. The summed E-state index contributed by atoms with van der Waals surface area (Å²) in [6, 6.07) is 71.5. The van der Waals surface area contributed by atoms with E-state index in [9.17, 15) is 0 Å². The molecule has 0 saturated heterocycles. The van der Waals surface area contributed by atoms with Crippen molar-refractivity contribution in [3.8, 4) is 33.6 Å². The average molecular weight is 717 g/mol. The molecule has 9 aromatic carbocycles. The normalized spacial score (nSPS) is 12.0. The van der Waals surface area contributed by atoms with Gasteiger partial charge in [0.1, 0.15) is 0 Å². The number of nitrogens with zero attached hydrogens (tertiary/aromatic N) is 2. The van der Waals surface area contributed by atoms with Gasteiger partial charge in [0.2, 0.25) is 0 Å². The van der Waals surface area contributed by atoms with Crippen molar-refractivity contribution in [1.82, 2.24) is 9.13 Å². The lowest BCUT2D eigenvalue weighted by atomic mass is 10.00. The van der Waals surface area contributed by atoms with Gasteiger partial charge in [-0.25, -0.2) is 0 Å². The maximum absolute atomic E-state index is 2.47. The zero-order chi connectivity index (χ0) is 36.0. The molecule has 0 amide bonds. The Morgan fingerprint density at radius 2 is 0.891 bits per heavy atom. The third-order valence-electron chi connectivity index (χ3n) is 11.5. The van der Waals surface area contributed by atoms with Crippen LogP contribution in [0.15, 0.2) is 194 Å². The molecule has 3 heteroatoms. The lowest BCUT2D eigenvalue weighted by Gasteiger charge is -2.11. The van der Waals surface area contributed by atoms with Crippen LogP contribution in [0.4, 0.5) is 0 Å². The van der Waals surface area contributed by atoms with Crippen LogP contribution in [0.2, 0.25) is 0 Å². The van der Waals surface area contributed by atoms with Crippen molar-refractivity contribution in [3.05, 3.63) is 194 Å². The second-order valence-electron chi connectivity index (χ2n) is 14.5. The fraction of sp³-hybridized carbons (Fsp3) is 0. The summed E-state index contributed by atoms with van der Waals surface area (Å²) < 4.78 is 7.55. The van der Waals surface area contributed by atoms with Crippen LogP contribution in [0, 0.1) is 0 Å². The highest BCUT2D eigenvalue weighted by Crippen LogP contribution is 2.43. The molecule has 0 aliphatic carbocycles. The van der Waals surface area contributed by atoms with Crippen molar-refractivity contribution in [2.45, 2.75) is 0 Å². The van der Waals surface area contributed by atoms with Crippen LogP contribution >= 0.6 is 11.3 Å². The first kappa shape index (κ1) is 30.5. The minimum atomic E-state index is 1.16. The van der Waals surface area contributed by atoms with E-state index in [-0.39, 0.29) is 0 Å². The summed E-state index contributed by atoms with van der Waals surface area (Å²) in [4.78, 5) is 0. The highest BCUT2D eigenvalue weighted by molar-refractivity contribution is 7.25. The van der Waals surface area contributed by atoms with Crippen LogP contribution in [0.5, 0.6) is 0 Å². The average Bonchev–Trinajstić information content (AvgIpc) is 3.90. The minimum absolute atomic E-state index is 1.16. The number of fused-ring (bicyclic) bond motifs is 10. The predicted octanol–water partition coefficient (Wildman–Crippen LogP) is 14.7. The summed E-state index contributed by atoms with van der Waals surface area (Å²) in [7, 11) is 0. The Hall–Kier alpha value is -6.94. The molecule has 3 heterocycles. The van der Waals surface area contributed by atoms with Gasteiger partial charge in [-0.1, -0.05) is 121 Å². The Kier molecular flexibility index (Phi) is 6.54. The van der Waals surface area contributed by atoms with E-state index in [2.05, 4.69) is 203 Å². The Balaban J connectivity index is 1.07. The maximum atomic E-state index is 2.47. The highest BCUT2D eigenvalue weighted by Gasteiger charge is 2.19. The first-order chi connectivity index (χ1) is 27.3. The van der Waals surface area contributed by atoms with E-state index in [1.165, 1.54) is 102 Å². The topological polar surface area (TPSA) is 9.86 Å². The minimum Gasteiger partial charge on any atom is -0.309 e. The first-order valence-electron chi connectivity index (χ1n) is 18.8. The van der Waals surface area contributed by atoms with Crippen molar-refractivity contribution in [3.63, 3.8) is 0 Å². The van der Waals surface area contributed by atoms with E-state index >= 15 is 0 Å². The van der Waals surface area contributed by atoms with Gasteiger partial charge in [-0.3, -0.25) is 0 Å². The molecule has 12 rings (SSSR count). The van der Waals surface area contributed by atoms with E-state index in [1.54, 1.807) is 0 Å². The zero-order valence-corrected chi connectivity index (χ0v) is 30.6. The van der Waals surface area contributed by atoms with E-state index in [4.69, 9.17) is 0 Å².